The van der Waals surface area contributed by atoms with Crippen LogP contribution in [0.4, 0.5) is 0 Å². The molecule has 1 heterocycles. The van der Waals surface area contributed by atoms with Crippen molar-refractivity contribution in [3.63, 3.8) is 0 Å². The summed E-state index contributed by atoms with van der Waals surface area (Å²) < 4.78 is 0. The minimum atomic E-state index is 0.780. The van der Waals surface area contributed by atoms with Crippen LogP contribution in [-0.2, 0) is 0 Å². The molecule has 16 heavy (non-hydrogen) atoms. The van der Waals surface area contributed by atoms with Crippen molar-refractivity contribution >= 4 is 5.70 Å². The molecule has 0 atom stereocenters. The van der Waals surface area contributed by atoms with Gasteiger partial charge < -0.3 is 9.80 Å². The van der Waals surface area contributed by atoms with Crippen LogP contribution < -0.4 is 0 Å². The molecule has 0 saturated carbocycles. The number of hydrogen-bond donors (Lipinski definition) is 0. The molecule has 0 amide bonds. The van der Waals surface area contributed by atoms with Crippen molar-refractivity contribution in [3.8, 4) is 6.07 Å². The Bertz CT molecular complexity index is 454. The van der Waals surface area contributed by atoms with Crippen LogP contribution in [0.1, 0.15) is 5.56 Å². The molecule has 0 saturated heterocycles. The number of nitriles is 1. The van der Waals surface area contributed by atoms with Gasteiger partial charge in [0.05, 0.1) is 18.4 Å². The molecule has 1 aliphatic heterocycles. The molecule has 0 bridgehead atoms. The van der Waals surface area contributed by atoms with E-state index in [1.165, 1.54) is 0 Å². The number of benzene rings is 1. The molecule has 80 valence electrons. The zero-order chi connectivity index (χ0) is 11.4. The van der Waals surface area contributed by atoms with Gasteiger partial charge in [-0.25, -0.2) is 0 Å². The van der Waals surface area contributed by atoms with E-state index < -0.39 is 0 Å². The Balaban J connectivity index is 2.30. The van der Waals surface area contributed by atoms with Crippen molar-refractivity contribution in [3.05, 3.63) is 54.4 Å². The SMILES string of the molecule is CN1C=CN(/C(=C\C#N)c2ccccc2)C1. The largest absolute Gasteiger partial charge is 0.361 e. The molecule has 2 rings (SSSR count). The Morgan fingerprint density at radius 3 is 2.62 bits per heavy atom. The van der Waals surface area contributed by atoms with Crippen molar-refractivity contribution < 1.29 is 0 Å². The van der Waals surface area contributed by atoms with Crippen LogP contribution in [-0.4, -0.2) is 23.5 Å². The van der Waals surface area contributed by atoms with Gasteiger partial charge in [-0.15, -0.1) is 0 Å². The van der Waals surface area contributed by atoms with Gasteiger partial charge in [-0.2, -0.15) is 5.26 Å². The highest BCUT2D eigenvalue weighted by Crippen LogP contribution is 2.22. The van der Waals surface area contributed by atoms with Gasteiger partial charge >= 0.3 is 0 Å². The molecular weight excluding hydrogens is 198 g/mol. The number of allylic oxidation sites excluding steroid dienone is 1. The summed E-state index contributed by atoms with van der Waals surface area (Å²) in [5.74, 6) is 0. The van der Waals surface area contributed by atoms with Gasteiger partial charge in [0.15, 0.2) is 0 Å². The lowest BCUT2D eigenvalue weighted by Gasteiger charge is -2.20. The second-order valence-corrected chi connectivity index (χ2v) is 3.69. The average molecular weight is 211 g/mol. The summed E-state index contributed by atoms with van der Waals surface area (Å²) in [6.07, 6.45) is 5.56. The van der Waals surface area contributed by atoms with Crippen molar-refractivity contribution in [1.29, 1.82) is 5.26 Å². The lowest BCUT2D eigenvalue weighted by molar-refractivity contribution is 0.375. The van der Waals surface area contributed by atoms with E-state index in [1.807, 2.05) is 49.8 Å². The fourth-order valence-corrected chi connectivity index (χ4v) is 1.69. The lowest BCUT2D eigenvalue weighted by Crippen LogP contribution is -2.21. The van der Waals surface area contributed by atoms with Crippen molar-refractivity contribution in [1.82, 2.24) is 9.80 Å². The Kier molecular flexibility index (Phi) is 2.93. The Morgan fingerprint density at radius 2 is 2.06 bits per heavy atom. The van der Waals surface area contributed by atoms with E-state index in [-0.39, 0.29) is 0 Å². The minimum absolute atomic E-state index is 0.780. The molecule has 0 unspecified atom stereocenters. The van der Waals surface area contributed by atoms with Gasteiger partial charge in [-0.1, -0.05) is 30.3 Å². The molecule has 0 spiro atoms. The van der Waals surface area contributed by atoms with Crippen LogP contribution in [0.2, 0.25) is 0 Å². The van der Waals surface area contributed by atoms with Crippen molar-refractivity contribution in [2.75, 3.05) is 13.7 Å². The van der Waals surface area contributed by atoms with E-state index >= 15 is 0 Å². The topological polar surface area (TPSA) is 30.3 Å². The summed E-state index contributed by atoms with van der Waals surface area (Å²) in [5.41, 5.74) is 1.99. The van der Waals surface area contributed by atoms with Gasteiger partial charge in [-0.3, -0.25) is 0 Å². The Morgan fingerprint density at radius 1 is 1.31 bits per heavy atom. The average Bonchev–Trinajstić information content (AvgIpc) is 2.74. The van der Waals surface area contributed by atoms with Gasteiger partial charge in [0, 0.05) is 25.5 Å². The predicted octanol–water partition coefficient (Wildman–Crippen LogP) is 2.23. The lowest BCUT2D eigenvalue weighted by atomic mass is 10.1. The van der Waals surface area contributed by atoms with Crippen LogP contribution in [0.3, 0.4) is 0 Å². The zero-order valence-electron chi connectivity index (χ0n) is 9.17. The standard InChI is InChI=1S/C13H13N3/c1-15-9-10-16(11-15)13(7-8-14)12-5-3-2-4-6-12/h2-7,9-10H,11H2,1H3/b13-7-. The number of nitrogens with zero attached hydrogens (tertiary/aromatic N) is 3. The molecular formula is C13H13N3. The van der Waals surface area contributed by atoms with E-state index in [0.29, 0.717) is 0 Å². The second-order valence-electron chi connectivity index (χ2n) is 3.69. The minimum Gasteiger partial charge on any atom is -0.361 e. The van der Waals surface area contributed by atoms with Gasteiger partial charge in [0.25, 0.3) is 0 Å². The number of hydrogen-bond acceptors (Lipinski definition) is 3. The molecule has 0 radical (unpaired) electrons. The maximum atomic E-state index is 8.83. The first-order valence-electron chi connectivity index (χ1n) is 5.11. The van der Waals surface area contributed by atoms with Crippen LogP contribution in [0.25, 0.3) is 5.70 Å². The molecule has 0 N–H and O–H groups in total. The van der Waals surface area contributed by atoms with Gasteiger partial charge in [-0.05, 0) is 5.56 Å². The first-order valence-corrected chi connectivity index (χ1v) is 5.11. The third kappa shape index (κ3) is 2.06. The van der Waals surface area contributed by atoms with Crippen LogP contribution in [0.15, 0.2) is 48.8 Å². The zero-order valence-corrected chi connectivity index (χ0v) is 9.17. The van der Waals surface area contributed by atoms with E-state index in [4.69, 9.17) is 5.26 Å². The monoisotopic (exact) mass is 211 g/mol. The smallest absolute Gasteiger partial charge is 0.0939 e. The molecule has 0 aliphatic carbocycles. The molecule has 1 aromatic rings. The Labute approximate surface area is 95.5 Å². The van der Waals surface area contributed by atoms with E-state index in [0.717, 1.165) is 17.9 Å². The quantitative estimate of drug-likeness (QED) is 0.703. The molecule has 1 aliphatic rings. The fraction of sp³-hybridized carbons (Fsp3) is 0.154. The fourth-order valence-electron chi connectivity index (χ4n) is 1.69. The van der Waals surface area contributed by atoms with Crippen molar-refractivity contribution in [2.45, 2.75) is 0 Å². The summed E-state index contributed by atoms with van der Waals surface area (Å²) in [5, 5.41) is 8.83. The predicted molar refractivity (Wildman–Crippen MR) is 63.6 cm³/mol. The third-order valence-corrected chi connectivity index (χ3v) is 2.46. The van der Waals surface area contributed by atoms with Crippen LogP contribution >= 0.6 is 0 Å². The van der Waals surface area contributed by atoms with E-state index in [2.05, 4.69) is 15.9 Å². The first-order chi connectivity index (χ1) is 7.81. The summed E-state index contributed by atoms with van der Waals surface area (Å²) in [4.78, 5) is 4.12. The van der Waals surface area contributed by atoms with Crippen molar-refractivity contribution in [2.24, 2.45) is 0 Å². The summed E-state index contributed by atoms with van der Waals surface area (Å²) >= 11 is 0. The van der Waals surface area contributed by atoms with Gasteiger partial charge in [0.2, 0.25) is 0 Å². The van der Waals surface area contributed by atoms with E-state index in [1.54, 1.807) is 6.08 Å². The highest BCUT2D eigenvalue weighted by atomic mass is 15.3. The second kappa shape index (κ2) is 4.54. The third-order valence-electron chi connectivity index (χ3n) is 2.46. The normalized spacial score (nSPS) is 15.4. The maximum Gasteiger partial charge on any atom is 0.0939 e. The molecule has 0 aromatic heterocycles. The summed E-state index contributed by atoms with van der Waals surface area (Å²) in [7, 11) is 2.01. The molecule has 1 aromatic carbocycles. The Hall–Kier alpha value is -2.21. The summed E-state index contributed by atoms with van der Waals surface area (Å²) in [6.45, 7) is 0.780. The molecule has 3 nitrogen and oxygen atoms in total. The van der Waals surface area contributed by atoms with Gasteiger partial charge in [0.1, 0.15) is 0 Å². The van der Waals surface area contributed by atoms with Crippen LogP contribution in [0, 0.1) is 11.3 Å². The maximum absolute atomic E-state index is 8.83. The van der Waals surface area contributed by atoms with Crippen LogP contribution in [0.5, 0.6) is 0 Å². The highest BCUT2D eigenvalue weighted by Gasteiger charge is 2.14. The number of rotatable bonds is 2. The van der Waals surface area contributed by atoms with E-state index in [9.17, 15) is 0 Å². The molecule has 3 heteroatoms. The first kappa shape index (κ1) is 10.3. The summed E-state index contributed by atoms with van der Waals surface area (Å²) in [6, 6.07) is 12.0. The highest BCUT2D eigenvalue weighted by molar-refractivity contribution is 5.67. The molecule has 0 fully saturated rings.